The summed E-state index contributed by atoms with van der Waals surface area (Å²) in [5.41, 5.74) is 0. The lowest BCUT2D eigenvalue weighted by Gasteiger charge is -2.37. The van der Waals surface area contributed by atoms with Crippen LogP contribution < -0.4 is 4.90 Å². The third kappa shape index (κ3) is 3.35. The summed E-state index contributed by atoms with van der Waals surface area (Å²) in [5.74, 6) is 1.35. The van der Waals surface area contributed by atoms with E-state index < -0.39 is 0 Å². The Kier molecular flexibility index (Phi) is 4.40. The van der Waals surface area contributed by atoms with Crippen molar-refractivity contribution in [2.24, 2.45) is 5.92 Å². The molecule has 116 valence electrons. The smallest absolute Gasteiger partial charge is 0.225 e. The topological polar surface area (TPSA) is 58.6 Å². The third-order valence-corrected chi connectivity index (χ3v) is 5.03. The first kappa shape index (κ1) is 14.7. The standard InChI is InChI=1S/C14H22N4O2S/c1-17(13(19)10-5-6-10)11-4-3-7-18(8-11)14-15-12(9-20-2)16-21-14/h10-11H,3-9H2,1-2H3. The maximum atomic E-state index is 12.2. The number of methoxy groups -OCH3 is 1. The van der Waals surface area contributed by atoms with Crippen molar-refractivity contribution in [2.75, 3.05) is 32.1 Å². The van der Waals surface area contributed by atoms with E-state index in [0.717, 1.165) is 49.7 Å². The highest BCUT2D eigenvalue weighted by molar-refractivity contribution is 7.09. The van der Waals surface area contributed by atoms with Crippen LogP contribution in [0.25, 0.3) is 0 Å². The van der Waals surface area contributed by atoms with Crippen molar-refractivity contribution < 1.29 is 9.53 Å². The Morgan fingerprint density at radius 2 is 2.29 bits per heavy atom. The van der Waals surface area contributed by atoms with Gasteiger partial charge in [0, 0.05) is 50.7 Å². The van der Waals surface area contributed by atoms with Crippen molar-refractivity contribution >= 4 is 22.6 Å². The molecule has 2 aliphatic rings. The van der Waals surface area contributed by atoms with Gasteiger partial charge in [-0.3, -0.25) is 4.79 Å². The lowest BCUT2D eigenvalue weighted by molar-refractivity contribution is -0.133. The molecule has 1 saturated heterocycles. The monoisotopic (exact) mass is 310 g/mol. The minimum Gasteiger partial charge on any atom is -0.377 e. The molecule has 1 aromatic heterocycles. The number of piperidine rings is 1. The van der Waals surface area contributed by atoms with Crippen molar-refractivity contribution in [3.8, 4) is 0 Å². The summed E-state index contributed by atoms with van der Waals surface area (Å²) in [6.45, 7) is 2.30. The number of carbonyl (C=O) groups excluding carboxylic acids is 1. The molecule has 1 atom stereocenters. The minimum absolute atomic E-state index is 0.292. The molecule has 0 aromatic carbocycles. The van der Waals surface area contributed by atoms with Crippen LogP contribution in [0.4, 0.5) is 5.13 Å². The molecule has 1 amide bonds. The van der Waals surface area contributed by atoms with Gasteiger partial charge in [0.2, 0.25) is 11.0 Å². The number of carbonyl (C=O) groups is 1. The van der Waals surface area contributed by atoms with Gasteiger partial charge in [-0.05, 0) is 25.7 Å². The lowest BCUT2D eigenvalue weighted by Crippen LogP contribution is -2.49. The SMILES string of the molecule is COCc1nsc(N2CCCC(N(C)C(=O)C3CC3)C2)n1. The normalized spacial score (nSPS) is 22.4. The van der Waals surface area contributed by atoms with Crippen molar-refractivity contribution in [2.45, 2.75) is 38.3 Å². The summed E-state index contributed by atoms with van der Waals surface area (Å²) in [6, 6.07) is 0.293. The van der Waals surface area contributed by atoms with E-state index in [4.69, 9.17) is 4.74 Å². The minimum atomic E-state index is 0.292. The van der Waals surface area contributed by atoms with Gasteiger partial charge in [-0.15, -0.1) is 0 Å². The van der Waals surface area contributed by atoms with E-state index in [2.05, 4.69) is 14.3 Å². The molecule has 1 aliphatic carbocycles. The summed E-state index contributed by atoms with van der Waals surface area (Å²) in [5, 5.41) is 0.944. The van der Waals surface area contributed by atoms with Crippen LogP contribution in [-0.4, -0.2) is 53.5 Å². The summed E-state index contributed by atoms with van der Waals surface area (Å²) in [4.78, 5) is 20.9. The number of amides is 1. The summed E-state index contributed by atoms with van der Waals surface area (Å²) >= 11 is 1.42. The van der Waals surface area contributed by atoms with Crippen molar-refractivity contribution in [1.29, 1.82) is 0 Å². The predicted octanol–water partition coefficient (Wildman–Crippen LogP) is 1.52. The summed E-state index contributed by atoms with van der Waals surface area (Å²) < 4.78 is 9.37. The van der Waals surface area contributed by atoms with Gasteiger partial charge < -0.3 is 14.5 Å². The second kappa shape index (κ2) is 6.27. The first-order chi connectivity index (χ1) is 10.2. The number of aromatic nitrogens is 2. The van der Waals surface area contributed by atoms with Gasteiger partial charge in [0.15, 0.2) is 5.82 Å². The van der Waals surface area contributed by atoms with Crippen LogP contribution in [0.15, 0.2) is 0 Å². The molecule has 0 radical (unpaired) electrons. The average molecular weight is 310 g/mol. The Balaban J connectivity index is 1.62. The number of ether oxygens (including phenoxy) is 1. The molecule has 2 fully saturated rings. The van der Waals surface area contributed by atoms with Crippen LogP contribution in [0.1, 0.15) is 31.5 Å². The van der Waals surface area contributed by atoms with E-state index in [0.29, 0.717) is 24.5 Å². The molecule has 0 N–H and O–H groups in total. The Hall–Kier alpha value is -1.21. The van der Waals surface area contributed by atoms with Gasteiger partial charge in [0.1, 0.15) is 6.61 Å². The van der Waals surface area contributed by atoms with Crippen LogP contribution in [0, 0.1) is 5.92 Å². The fourth-order valence-electron chi connectivity index (χ4n) is 2.80. The van der Waals surface area contributed by atoms with Crippen LogP contribution >= 0.6 is 11.5 Å². The van der Waals surface area contributed by atoms with E-state index in [9.17, 15) is 4.79 Å². The number of anilines is 1. The number of likely N-dealkylation sites (N-methyl/N-ethyl adjacent to an activating group) is 1. The largest absolute Gasteiger partial charge is 0.377 e. The molecule has 0 spiro atoms. The third-order valence-electron chi connectivity index (χ3n) is 4.22. The van der Waals surface area contributed by atoms with E-state index in [-0.39, 0.29) is 0 Å². The maximum Gasteiger partial charge on any atom is 0.225 e. The first-order valence-corrected chi connectivity index (χ1v) is 8.29. The molecule has 2 heterocycles. The number of rotatable bonds is 5. The van der Waals surface area contributed by atoms with Crippen molar-refractivity contribution in [3.63, 3.8) is 0 Å². The zero-order valence-corrected chi connectivity index (χ0v) is 13.4. The molecule has 21 heavy (non-hydrogen) atoms. The van der Waals surface area contributed by atoms with Crippen LogP contribution in [0.3, 0.4) is 0 Å². The first-order valence-electron chi connectivity index (χ1n) is 7.52. The average Bonchev–Trinajstić information content (AvgIpc) is 3.26. The molecule has 1 aromatic rings. The molecule has 6 nitrogen and oxygen atoms in total. The van der Waals surface area contributed by atoms with Gasteiger partial charge in [-0.1, -0.05) is 0 Å². The van der Waals surface area contributed by atoms with E-state index >= 15 is 0 Å². The zero-order chi connectivity index (χ0) is 14.8. The lowest BCUT2D eigenvalue weighted by atomic mass is 10.0. The molecule has 3 rings (SSSR count). The van der Waals surface area contributed by atoms with Crippen molar-refractivity contribution in [3.05, 3.63) is 5.82 Å². The fraction of sp³-hybridized carbons (Fsp3) is 0.786. The molecule has 1 aliphatic heterocycles. The number of hydrogen-bond donors (Lipinski definition) is 0. The Morgan fingerprint density at radius 3 is 3.00 bits per heavy atom. The maximum absolute atomic E-state index is 12.2. The molecular weight excluding hydrogens is 288 g/mol. The second-order valence-corrected chi connectivity index (χ2v) is 6.62. The number of nitrogens with zero attached hydrogens (tertiary/aromatic N) is 4. The second-order valence-electron chi connectivity index (χ2n) is 5.89. The van der Waals surface area contributed by atoms with Gasteiger partial charge in [-0.2, -0.15) is 4.37 Å². The summed E-state index contributed by atoms with van der Waals surface area (Å²) in [7, 11) is 3.60. The molecule has 1 unspecified atom stereocenters. The quantitative estimate of drug-likeness (QED) is 0.825. The molecular formula is C14H22N4O2S. The van der Waals surface area contributed by atoms with Crippen LogP contribution in [-0.2, 0) is 16.1 Å². The van der Waals surface area contributed by atoms with Gasteiger partial charge in [-0.25, -0.2) is 4.98 Å². The van der Waals surface area contributed by atoms with Gasteiger partial charge in [0.05, 0.1) is 0 Å². The molecule has 1 saturated carbocycles. The Morgan fingerprint density at radius 1 is 1.48 bits per heavy atom. The van der Waals surface area contributed by atoms with E-state index in [1.54, 1.807) is 7.11 Å². The Bertz CT molecular complexity index is 503. The summed E-state index contributed by atoms with van der Waals surface area (Å²) in [6.07, 6.45) is 4.30. The number of hydrogen-bond acceptors (Lipinski definition) is 6. The Labute approximate surface area is 129 Å². The van der Waals surface area contributed by atoms with Crippen molar-refractivity contribution in [1.82, 2.24) is 14.3 Å². The predicted molar refractivity (Wildman–Crippen MR) is 81.4 cm³/mol. The molecule has 0 bridgehead atoms. The van der Waals surface area contributed by atoms with E-state index in [1.807, 2.05) is 11.9 Å². The highest BCUT2D eigenvalue weighted by Crippen LogP contribution is 2.32. The highest BCUT2D eigenvalue weighted by atomic mass is 32.1. The van der Waals surface area contributed by atoms with Crippen LogP contribution in [0.5, 0.6) is 0 Å². The van der Waals surface area contributed by atoms with Crippen LogP contribution in [0.2, 0.25) is 0 Å². The van der Waals surface area contributed by atoms with Gasteiger partial charge in [0.25, 0.3) is 0 Å². The highest BCUT2D eigenvalue weighted by Gasteiger charge is 2.36. The van der Waals surface area contributed by atoms with E-state index in [1.165, 1.54) is 11.5 Å². The van der Waals surface area contributed by atoms with Gasteiger partial charge >= 0.3 is 0 Å². The zero-order valence-electron chi connectivity index (χ0n) is 12.6. The molecule has 7 heteroatoms. The fourth-order valence-corrected chi connectivity index (χ4v) is 3.51.